The Hall–Kier alpha value is -5.23. The van der Waals surface area contributed by atoms with Gasteiger partial charge in [-0.2, -0.15) is 4.98 Å². The van der Waals surface area contributed by atoms with Crippen LogP contribution in [0.25, 0.3) is 22.3 Å². The summed E-state index contributed by atoms with van der Waals surface area (Å²) in [5.74, 6) is 1.11. The molecular formula is C34H27N5O. The van der Waals surface area contributed by atoms with Crippen LogP contribution < -0.4 is 0 Å². The lowest BCUT2D eigenvalue weighted by molar-refractivity contribution is 0.385. The van der Waals surface area contributed by atoms with E-state index in [1.807, 2.05) is 49.9 Å². The third-order valence-electron chi connectivity index (χ3n) is 7.54. The van der Waals surface area contributed by atoms with Gasteiger partial charge in [-0.15, -0.1) is 0 Å². The Kier molecular flexibility index (Phi) is 5.86. The van der Waals surface area contributed by atoms with Crippen LogP contribution in [0.5, 0.6) is 0 Å². The summed E-state index contributed by atoms with van der Waals surface area (Å²) in [7, 11) is 2.03. The Morgan fingerprint density at radius 2 is 1.27 bits per heavy atom. The van der Waals surface area contributed by atoms with E-state index < -0.39 is 5.54 Å². The Labute approximate surface area is 232 Å². The minimum absolute atomic E-state index is 0.430. The fraction of sp³-hybridized carbons (Fsp3) is 0.0882. The van der Waals surface area contributed by atoms with Crippen LogP contribution in [0.1, 0.15) is 28.3 Å². The summed E-state index contributed by atoms with van der Waals surface area (Å²) in [5, 5.41) is 5.41. The van der Waals surface area contributed by atoms with Crippen LogP contribution in [0.4, 0.5) is 0 Å². The molecule has 0 atom stereocenters. The van der Waals surface area contributed by atoms with Crippen molar-refractivity contribution in [3.63, 3.8) is 0 Å². The molecule has 0 saturated heterocycles. The molecular weight excluding hydrogens is 494 g/mol. The van der Waals surface area contributed by atoms with Gasteiger partial charge in [-0.1, -0.05) is 114 Å². The lowest BCUT2D eigenvalue weighted by atomic mass is 9.77. The number of fused-ring (bicyclic) bond motifs is 1. The van der Waals surface area contributed by atoms with E-state index in [9.17, 15) is 0 Å². The molecule has 0 fully saturated rings. The molecule has 6 nitrogen and oxygen atoms in total. The van der Waals surface area contributed by atoms with Gasteiger partial charge >= 0.3 is 0 Å². The largest absolute Gasteiger partial charge is 0.350 e. The second-order valence-corrected chi connectivity index (χ2v) is 9.94. The smallest absolute Gasteiger partial charge is 0.233 e. The third kappa shape index (κ3) is 3.93. The van der Waals surface area contributed by atoms with Crippen molar-refractivity contribution in [2.24, 2.45) is 7.05 Å². The van der Waals surface area contributed by atoms with Gasteiger partial charge in [0.15, 0.2) is 0 Å². The van der Waals surface area contributed by atoms with Crippen molar-refractivity contribution in [3.8, 4) is 11.4 Å². The number of imidazole rings is 1. The molecule has 7 aromatic rings. The first kappa shape index (κ1) is 23.9. The summed E-state index contributed by atoms with van der Waals surface area (Å²) < 4.78 is 9.99. The highest BCUT2D eigenvalue weighted by Crippen LogP contribution is 2.41. The number of hydrogen-bond acceptors (Lipinski definition) is 4. The van der Waals surface area contributed by atoms with E-state index in [1.165, 1.54) is 0 Å². The quantitative estimate of drug-likeness (QED) is 0.215. The van der Waals surface area contributed by atoms with Crippen LogP contribution >= 0.6 is 0 Å². The molecule has 0 bridgehead atoms. The summed E-state index contributed by atoms with van der Waals surface area (Å²) in [6.07, 6.45) is 6.47. The summed E-state index contributed by atoms with van der Waals surface area (Å²) in [6, 6.07) is 39.9. The number of aryl methyl sites for hydroxylation is 1. The van der Waals surface area contributed by atoms with E-state index in [4.69, 9.17) is 14.5 Å². The molecule has 0 aliphatic carbocycles. The molecule has 3 heterocycles. The Morgan fingerprint density at radius 3 is 1.90 bits per heavy atom. The first-order chi connectivity index (χ1) is 19.7. The fourth-order valence-electron chi connectivity index (χ4n) is 5.73. The van der Waals surface area contributed by atoms with Crippen molar-refractivity contribution in [1.29, 1.82) is 0 Å². The zero-order chi connectivity index (χ0) is 26.9. The molecule has 0 aliphatic heterocycles. The molecule has 194 valence electrons. The predicted octanol–water partition coefficient (Wildman–Crippen LogP) is 6.86. The van der Waals surface area contributed by atoms with Crippen LogP contribution in [0.15, 0.2) is 139 Å². The van der Waals surface area contributed by atoms with Crippen molar-refractivity contribution in [2.45, 2.75) is 12.0 Å². The lowest BCUT2D eigenvalue weighted by Gasteiger charge is -2.37. The van der Waals surface area contributed by atoms with Gasteiger partial charge in [-0.3, -0.25) is 0 Å². The maximum absolute atomic E-state index is 5.71. The first-order valence-electron chi connectivity index (χ1n) is 13.3. The Balaban J connectivity index is 1.30. The molecule has 0 radical (unpaired) electrons. The zero-order valence-electron chi connectivity index (χ0n) is 22.1. The molecule has 0 spiro atoms. The van der Waals surface area contributed by atoms with Crippen LogP contribution in [-0.4, -0.2) is 24.3 Å². The molecule has 0 unspecified atom stereocenters. The minimum atomic E-state index is -0.613. The zero-order valence-corrected chi connectivity index (χ0v) is 22.1. The van der Waals surface area contributed by atoms with E-state index in [0.717, 1.165) is 38.9 Å². The number of aromatic nitrogens is 5. The topological polar surface area (TPSA) is 61.7 Å². The predicted molar refractivity (Wildman–Crippen MR) is 156 cm³/mol. The second kappa shape index (κ2) is 9.82. The highest BCUT2D eigenvalue weighted by molar-refractivity contribution is 5.94. The van der Waals surface area contributed by atoms with Crippen LogP contribution in [0, 0.1) is 0 Å². The summed E-state index contributed by atoms with van der Waals surface area (Å²) in [6.45, 7) is 0. The van der Waals surface area contributed by atoms with Crippen molar-refractivity contribution in [1.82, 2.24) is 24.3 Å². The molecule has 0 saturated carbocycles. The van der Waals surface area contributed by atoms with Gasteiger partial charge < -0.3 is 13.7 Å². The normalized spacial score (nSPS) is 11.7. The summed E-state index contributed by atoms with van der Waals surface area (Å²) >= 11 is 0. The van der Waals surface area contributed by atoms with Crippen LogP contribution in [-0.2, 0) is 19.0 Å². The molecule has 0 N–H and O–H groups in total. The maximum atomic E-state index is 5.71. The van der Waals surface area contributed by atoms with E-state index in [-0.39, 0.29) is 0 Å². The number of hydrogen-bond donors (Lipinski definition) is 0. The molecule has 6 heteroatoms. The standard InChI is InChI=1S/C34H27N5O/c1-38-23-30(29-19-11-12-20-31(29)38)33-36-32(40-37-33)21-28-22-39(24-35-28)34(25-13-5-2-6-14-25,26-15-7-3-8-16-26)27-17-9-4-10-18-27/h2-20,22-24H,21H2,1H3. The van der Waals surface area contributed by atoms with Crippen molar-refractivity contribution in [2.75, 3.05) is 0 Å². The molecule has 40 heavy (non-hydrogen) atoms. The molecule has 0 amide bonds. The molecule has 4 aromatic carbocycles. The minimum Gasteiger partial charge on any atom is -0.350 e. The maximum Gasteiger partial charge on any atom is 0.233 e. The van der Waals surface area contributed by atoms with Crippen molar-refractivity contribution < 1.29 is 4.52 Å². The summed E-state index contributed by atoms with van der Waals surface area (Å²) in [5.41, 5.74) is 5.75. The first-order valence-corrected chi connectivity index (χ1v) is 13.3. The highest BCUT2D eigenvalue weighted by Gasteiger charge is 2.38. The van der Waals surface area contributed by atoms with Gasteiger partial charge in [0.1, 0.15) is 5.54 Å². The number of nitrogens with zero attached hydrogens (tertiary/aromatic N) is 5. The fourth-order valence-corrected chi connectivity index (χ4v) is 5.73. The van der Waals surface area contributed by atoms with Gasteiger partial charge in [0, 0.05) is 35.9 Å². The Bertz CT molecular complexity index is 1790. The SMILES string of the molecule is Cn1cc(-c2noc(Cc3cn(C(c4ccccc4)(c4ccccc4)c4ccccc4)cn3)n2)c2ccccc21. The lowest BCUT2D eigenvalue weighted by Crippen LogP contribution is -2.36. The van der Waals surface area contributed by atoms with Gasteiger partial charge in [-0.25, -0.2) is 4.98 Å². The van der Waals surface area contributed by atoms with E-state index in [1.54, 1.807) is 0 Å². The Morgan fingerprint density at radius 1 is 0.700 bits per heavy atom. The van der Waals surface area contributed by atoms with E-state index in [2.05, 4.69) is 105 Å². The number of benzene rings is 4. The van der Waals surface area contributed by atoms with Crippen LogP contribution in [0.2, 0.25) is 0 Å². The average molecular weight is 522 g/mol. The van der Waals surface area contributed by atoms with Crippen LogP contribution in [0.3, 0.4) is 0 Å². The third-order valence-corrected chi connectivity index (χ3v) is 7.54. The van der Waals surface area contributed by atoms with Crippen molar-refractivity contribution in [3.05, 3.63) is 162 Å². The number of para-hydroxylation sites is 1. The second-order valence-electron chi connectivity index (χ2n) is 9.94. The van der Waals surface area contributed by atoms with Gasteiger partial charge in [-0.05, 0) is 22.8 Å². The highest BCUT2D eigenvalue weighted by atomic mass is 16.5. The van der Waals surface area contributed by atoms with E-state index in [0.29, 0.717) is 18.1 Å². The summed E-state index contributed by atoms with van der Waals surface area (Å²) in [4.78, 5) is 9.57. The number of rotatable bonds is 7. The van der Waals surface area contributed by atoms with Crippen molar-refractivity contribution >= 4 is 10.9 Å². The van der Waals surface area contributed by atoms with Gasteiger partial charge in [0.05, 0.1) is 18.4 Å². The molecule has 7 rings (SSSR count). The van der Waals surface area contributed by atoms with Gasteiger partial charge in [0.2, 0.25) is 11.7 Å². The van der Waals surface area contributed by atoms with Gasteiger partial charge in [0.25, 0.3) is 0 Å². The monoisotopic (exact) mass is 521 g/mol. The molecule has 3 aromatic heterocycles. The van der Waals surface area contributed by atoms with E-state index >= 15 is 0 Å². The average Bonchev–Trinajstić information content (AvgIpc) is 3.75. The molecule has 0 aliphatic rings.